The van der Waals surface area contributed by atoms with Crippen molar-refractivity contribution in [3.05, 3.63) is 36.3 Å². The van der Waals surface area contributed by atoms with Crippen LogP contribution in [0.5, 0.6) is 0 Å². The van der Waals surface area contributed by atoms with Gasteiger partial charge in [-0.25, -0.2) is 0 Å². The molecule has 66 valence electrons. The topological polar surface area (TPSA) is 13.1 Å². The van der Waals surface area contributed by atoms with Gasteiger partial charge < -0.3 is 4.42 Å². The molecule has 2 aromatic rings. The fourth-order valence-corrected chi connectivity index (χ4v) is 2.31. The molecule has 1 heterocycles. The zero-order valence-electron chi connectivity index (χ0n) is 7.09. The standard InChI is InChI=1S/C11H9BrO/c12-11(4-5-11)10-3-1-2-8-6-13-7-9(8)10/h1-3,6-7H,4-5H2. The molecule has 2 heteroatoms. The number of rotatable bonds is 1. The first kappa shape index (κ1) is 7.63. The van der Waals surface area contributed by atoms with E-state index in [-0.39, 0.29) is 4.32 Å². The summed E-state index contributed by atoms with van der Waals surface area (Å²) in [6, 6.07) is 6.36. The molecule has 0 N–H and O–H groups in total. The molecular weight excluding hydrogens is 228 g/mol. The van der Waals surface area contributed by atoms with Crippen molar-refractivity contribution in [2.24, 2.45) is 0 Å². The van der Waals surface area contributed by atoms with E-state index in [0.29, 0.717) is 0 Å². The van der Waals surface area contributed by atoms with Crippen LogP contribution in [-0.4, -0.2) is 0 Å². The molecule has 1 saturated carbocycles. The Bertz CT molecular complexity index is 454. The molecule has 0 saturated heterocycles. The van der Waals surface area contributed by atoms with Crippen molar-refractivity contribution in [2.45, 2.75) is 17.2 Å². The number of alkyl halides is 1. The van der Waals surface area contributed by atoms with E-state index in [1.165, 1.54) is 29.2 Å². The highest BCUT2D eigenvalue weighted by Gasteiger charge is 2.42. The lowest BCUT2D eigenvalue weighted by Gasteiger charge is -2.07. The minimum absolute atomic E-state index is 0.246. The molecule has 1 fully saturated rings. The van der Waals surface area contributed by atoms with E-state index in [1.807, 2.05) is 6.26 Å². The molecule has 0 atom stereocenters. The van der Waals surface area contributed by atoms with Gasteiger partial charge in [-0.3, -0.25) is 0 Å². The Kier molecular flexibility index (Phi) is 1.40. The molecule has 1 nitrogen and oxygen atoms in total. The third-order valence-corrected chi connectivity index (χ3v) is 3.91. The molecule has 0 bridgehead atoms. The zero-order chi connectivity index (χ0) is 8.89. The number of furan rings is 1. The fraction of sp³-hybridized carbons (Fsp3) is 0.273. The average molecular weight is 237 g/mol. The summed E-state index contributed by atoms with van der Waals surface area (Å²) in [5, 5.41) is 2.44. The maximum absolute atomic E-state index is 5.21. The second kappa shape index (κ2) is 2.38. The van der Waals surface area contributed by atoms with E-state index >= 15 is 0 Å². The van der Waals surface area contributed by atoms with Gasteiger partial charge in [0.2, 0.25) is 0 Å². The molecule has 0 spiro atoms. The van der Waals surface area contributed by atoms with E-state index in [0.717, 1.165) is 0 Å². The Hall–Kier alpha value is -0.760. The maximum atomic E-state index is 5.21. The summed E-state index contributed by atoms with van der Waals surface area (Å²) >= 11 is 3.76. The van der Waals surface area contributed by atoms with Crippen LogP contribution in [0.3, 0.4) is 0 Å². The van der Waals surface area contributed by atoms with Gasteiger partial charge in [-0.15, -0.1) is 0 Å². The lowest BCUT2D eigenvalue weighted by Crippen LogP contribution is -1.94. The summed E-state index contributed by atoms with van der Waals surface area (Å²) in [6.45, 7) is 0. The van der Waals surface area contributed by atoms with Crippen LogP contribution in [0.15, 0.2) is 35.1 Å². The number of hydrogen-bond donors (Lipinski definition) is 0. The summed E-state index contributed by atoms with van der Waals surface area (Å²) in [6.07, 6.45) is 6.11. The first-order chi connectivity index (χ1) is 6.30. The van der Waals surface area contributed by atoms with E-state index in [2.05, 4.69) is 34.1 Å². The molecule has 0 amide bonds. The maximum Gasteiger partial charge on any atom is 0.0984 e. The highest BCUT2D eigenvalue weighted by molar-refractivity contribution is 9.09. The van der Waals surface area contributed by atoms with Crippen molar-refractivity contribution in [3.63, 3.8) is 0 Å². The van der Waals surface area contributed by atoms with Crippen LogP contribution in [0.25, 0.3) is 10.8 Å². The highest BCUT2D eigenvalue weighted by atomic mass is 79.9. The summed E-state index contributed by atoms with van der Waals surface area (Å²) in [7, 11) is 0. The third-order valence-electron chi connectivity index (χ3n) is 2.69. The SMILES string of the molecule is BrC1(c2cccc3cocc23)CC1. The van der Waals surface area contributed by atoms with Crippen molar-refractivity contribution >= 4 is 26.7 Å². The van der Waals surface area contributed by atoms with Crippen LogP contribution >= 0.6 is 15.9 Å². The van der Waals surface area contributed by atoms with Crippen LogP contribution in [0.2, 0.25) is 0 Å². The summed E-state index contributed by atoms with van der Waals surface area (Å²) in [5.74, 6) is 0. The quantitative estimate of drug-likeness (QED) is 0.687. The zero-order valence-corrected chi connectivity index (χ0v) is 8.67. The van der Waals surface area contributed by atoms with E-state index < -0.39 is 0 Å². The molecule has 0 aliphatic heterocycles. The molecule has 0 radical (unpaired) electrons. The summed E-state index contributed by atoms with van der Waals surface area (Å²) in [5.41, 5.74) is 1.37. The lowest BCUT2D eigenvalue weighted by atomic mass is 10.1. The predicted molar refractivity (Wildman–Crippen MR) is 56.1 cm³/mol. The monoisotopic (exact) mass is 236 g/mol. The van der Waals surface area contributed by atoms with Gasteiger partial charge in [0.05, 0.1) is 16.9 Å². The molecule has 1 aliphatic carbocycles. The van der Waals surface area contributed by atoms with Crippen molar-refractivity contribution in [1.29, 1.82) is 0 Å². The van der Waals surface area contributed by atoms with Crippen molar-refractivity contribution in [2.75, 3.05) is 0 Å². The molecule has 3 rings (SSSR count). The van der Waals surface area contributed by atoms with Crippen LogP contribution in [0.4, 0.5) is 0 Å². The van der Waals surface area contributed by atoms with Gasteiger partial charge in [-0.2, -0.15) is 0 Å². The summed E-state index contributed by atoms with van der Waals surface area (Å²) < 4.78 is 5.45. The molecule has 13 heavy (non-hydrogen) atoms. The van der Waals surface area contributed by atoms with Gasteiger partial charge in [0, 0.05) is 10.8 Å². The van der Waals surface area contributed by atoms with Crippen LogP contribution in [-0.2, 0) is 4.32 Å². The van der Waals surface area contributed by atoms with E-state index in [4.69, 9.17) is 4.42 Å². The first-order valence-corrected chi connectivity index (χ1v) is 5.23. The van der Waals surface area contributed by atoms with Crippen molar-refractivity contribution < 1.29 is 4.42 Å². The number of benzene rings is 1. The van der Waals surface area contributed by atoms with E-state index in [9.17, 15) is 0 Å². The predicted octanol–water partition coefficient (Wildman–Crippen LogP) is 3.82. The Balaban J connectivity index is 2.33. The summed E-state index contributed by atoms with van der Waals surface area (Å²) in [4.78, 5) is 0. The van der Waals surface area contributed by atoms with Gasteiger partial charge in [0.25, 0.3) is 0 Å². The second-order valence-corrected chi connectivity index (χ2v) is 5.16. The van der Waals surface area contributed by atoms with Crippen LogP contribution in [0.1, 0.15) is 18.4 Å². The minimum Gasteiger partial charge on any atom is -0.471 e. The van der Waals surface area contributed by atoms with Gasteiger partial charge >= 0.3 is 0 Å². The largest absolute Gasteiger partial charge is 0.471 e. The van der Waals surface area contributed by atoms with Gasteiger partial charge in [0.1, 0.15) is 0 Å². The van der Waals surface area contributed by atoms with Crippen molar-refractivity contribution in [1.82, 2.24) is 0 Å². The number of halogens is 1. The van der Waals surface area contributed by atoms with Crippen molar-refractivity contribution in [3.8, 4) is 0 Å². The lowest BCUT2D eigenvalue weighted by molar-refractivity contribution is 0.572. The minimum atomic E-state index is 0.246. The van der Waals surface area contributed by atoms with Crippen LogP contribution in [0, 0.1) is 0 Å². The smallest absolute Gasteiger partial charge is 0.0984 e. The Morgan fingerprint density at radius 3 is 2.85 bits per heavy atom. The molecule has 1 aliphatic rings. The number of fused-ring (bicyclic) bond motifs is 1. The Labute approximate surface area is 84.9 Å². The molecular formula is C11H9BrO. The van der Waals surface area contributed by atoms with Gasteiger partial charge in [-0.1, -0.05) is 34.1 Å². The average Bonchev–Trinajstić information content (AvgIpc) is 2.72. The van der Waals surface area contributed by atoms with Crippen LogP contribution < -0.4 is 0 Å². The van der Waals surface area contributed by atoms with E-state index in [1.54, 1.807) is 6.26 Å². The third kappa shape index (κ3) is 1.05. The van der Waals surface area contributed by atoms with Gasteiger partial charge in [-0.05, 0) is 18.4 Å². The Morgan fingerprint density at radius 1 is 1.23 bits per heavy atom. The Morgan fingerprint density at radius 2 is 2.08 bits per heavy atom. The highest BCUT2D eigenvalue weighted by Crippen LogP contribution is 2.55. The molecule has 0 unspecified atom stereocenters. The fourth-order valence-electron chi connectivity index (χ4n) is 1.76. The normalized spacial score (nSPS) is 19.2. The molecule has 1 aromatic carbocycles. The number of hydrogen-bond acceptors (Lipinski definition) is 1. The second-order valence-electron chi connectivity index (χ2n) is 3.65. The molecule has 1 aromatic heterocycles. The first-order valence-electron chi connectivity index (χ1n) is 4.44. The van der Waals surface area contributed by atoms with Gasteiger partial charge in [0.15, 0.2) is 0 Å².